The number of rotatable bonds is 9. The summed E-state index contributed by atoms with van der Waals surface area (Å²) in [5, 5.41) is 4.63. The third-order valence-electron chi connectivity index (χ3n) is 3.60. The fourth-order valence-electron chi connectivity index (χ4n) is 2.31. The number of carbonyl (C=O) groups is 2. The van der Waals surface area contributed by atoms with Crippen LogP contribution in [0.5, 0.6) is 11.5 Å². The fourth-order valence-corrected chi connectivity index (χ4v) is 3.07. The smallest absolute Gasteiger partial charge is 0.251 e. The highest BCUT2D eigenvalue weighted by molar-refractivity contribution is 7.09. The van der Waals surface area contributed by atoms with Gasteiger partial charge >= 0.3 is 0 Å². The van der Waals surface area contributed by atoms with E-state index in [4.69, 9.17) is 9.47 Å². The molecule has 0 saturated heterocycles. The number of likely N-dealkylation sites (N-methyl/N-ethyl adjacent to an activating group) is 1. The molecule has 2 amide bonds. The van der Waals surface area contributed by atoms with Crippen LogP contribution in [0.3, 0.4) is 0 Å². The van der Waals surface area contributed by atoms with Gasteiger partial charge in [0.2, 0.25) is 5.91 Å². The lowest BCUT2D eigenvalue weighted by Crippen LogP contribution is -2.37. The summed E-state index contributed by atoms with van der Waals surface area (Å²) in [5.74, 6) is 0.635. The van der Waals surface area contributed by atoms with Crippen molar-refractivity contribution in [2.24, 2.45) is 0 Å². The van der Waals surface area contributed by atoms with Gasteiger partial charge in [0.25, 0.3) is 5.91 Å². The van der Waals surface area contributed by atoms with Crippen LogP contribution in [0.15, 0.2) is 35.7 Å². The second kappa shape index (κ2) is 9.82. The van der Waals surface area contributed by atoms with Crippen LogP contribution >= 0.6 is 11.3 Å². The zero-order valence-corrected chi connectivity index (χ0v) is 16.1. The Morgan fingerprint density at radius 2 is 1.85 bits per heavy atom. The molecule has 0 unspecified atom stereocenters. The van der Waals surface area contributed by atoms with Crippen molar-refractivity contribution in [3.05, 3.63) is 46.2 Å². The lowest BCUT2D eigenvalue weighted by molar-refractivity contribution is -0.129. The van der Waals surface area contributed by atoms with Crippen molar-refractivity contribution in [3.63, 3.8) is 0 Å². The van der Waals surface area contributed by atoms with E-state index in [0.717, 1.165) is 4.88 Å². The van der Waals surface area contributed by atoms with E-state index in [9.17, 15) is 9.59 Å². The maximum absolute atomic E-state index is 12.3. The van der Waals surface area contributed by atoms with Gasteiger partial charge in [-0.25, -0.2) is 0 Å². The van der Waals surface area contributed by atoms with Gasteiger partial charge in [0.1, 0.15) is 0 Å². The molecule has 6 nitrogen and oxygen atoms in total. The third-order valence-corrected chi connectivity index (χ3v) is 4.47. The molecule has 1 aromatic carbocycles. The largest absolute Gasteiger partial charge is 0.490 e. The van der Waals surface area contributed by atoms with Crippen LogP contribution in [0.4, 0.5) is 0 Å². The summed E-state index contributed by atoms with van der Waals surface area (Å²) in [7, 11) is 1.72. The number of amides is 2. The molecule has 1 heterocycles. The number of benzene rings is 1. The Labute approximate surface area is 157 Å². The summed E-state index contributed by atoms with van der Waals surface area (Å²) in [5.41, 5.74) is 0.422. The van der Waals surface area contributed by atoms with E-state index in [1.807, 2.05) is 31.4 Å². The molecular formula is C19H24N2O4S. The fraction of sp³-hybridized carbons (Fsp3) is 0.368. The second-order valence-electron chi connectivity index (χ2n) is 5.54. The van der Waals surface area contributed by atoms with E-state index in [-0.39, 0.29) is 18.4 Å². The number of nitrogens with one attached hydrogen (secondary N) is 1. The van der Waals surface area contributed by atoms with Gasteiger partial charge in [-0.1, -0.05) is 6.07 Å². The molecule has 1 N–H and O–H groups in total. The van der Waals surface area contributed by atoms with E-state index in [1.54, 1.807) is 41.5 Å². The summed E-state index contributed by atoms with van der Waals surface area (Å²) in [6.45, 7) is 5.20. The SMILES string of the molecule is CCOc1ccc(C(=O)NCC(=O)N(C)Cc2cccs2)cc1OCC. The minimum Gasteiger partial charge on any atom is -0.490 e. The average Bonchev–Trinajstić information content (AvgIpc) is 3.14. The van der Waals surface area contributed by atoms with Gasteiger partial charge in [-0.2, -0.15) is 0 Å². The predicted octanol–water partition coefficient (Wildman–Crippen LogP) is 2.93. The zero-order valence-electron chi connectivity index (χ0n) is 15.3. The van der Waals surface area contributed by atoms with Crippen molar-refractivity contribution < 1.29 is 19.1 Å². The number of thiophene rings is 1. The van der Waals surface area contributed by atoms with E-state index in [1.165, 1.54) is 0 Å². The Morgan fingerprint density at radius 3 is 2.50 bits per heavy atom. The maximum atomic E-state index is 12.3. The molecule has 0 bridgehead atoms. The first-order chi connectivity index (χ1) is 12.5. The quantitative estimate of drug-likeness (QED) is 0.731. The Bertz CT molecular complexity index is 731. The molecule has 0 atom stereocenters. The molecular weight excluding hydrogens is 352 g/mol. The zero-order chi connectivity index (χ0) is 18.9. The topological polar surface area (TPSA) is 67.9 Å². The van der Waals surface area contributed by atoms with E-state index in [0.29, 0.717) is 36.8 Å². The van der Waals surface area contributed by atoms with Gasteiger partial charge in [0.05, 0.1) is 26.3 Å². The molecule has 140 valence electrons. The molecule has 2 aromatic rings. The highest BCUT2D eigenvalue weighted by atomic mass is 32.1. The van der Waals surface area contributed by atoms with Gasteiger partial charge in [-0.15, -0.1) is 11.3 Å². The van der Waals surface area contributed by atoms with Crippen LogP contribution in [0, 0.1) is 0 Å². The highest BCUT2D eigenvalue weighted by Crippen LogP contribution is 2.28. The highest BCUT2D eigenvalue weighted by Gasteiger charge is 2.14. The van der Waals surface area contributed by atoms with Gasteiger partial charge in [-0.05, 0) is 43.5 Å². The van der Waals surface area contributed by atoms with Crippen LogP contribution < -0.4 is 14.8 Å². The van der Waals surface area contributed by atoms with Gasteiger partial charge < -0.3 is 19.7 Å². The molecule has 7 heteroatoms. The number of hydrogen-bond donors (Lipinski definition) is 1. The molecule has 1 aromatic heterocycles. The van der Waals surface area contributed by atoms with Crippen LogP contribution in [-0.2, 0) is 11.3 Å². The Balaban J connectivity index is 1.94. The molecule has 0 aliphatic heterocycles. The number of carbonyl (C=O) groups excluding carboxylic acids is 2. The Hall–Kier alpha value is -2.54. The molecule has 0 radical (unpaired) electrons. The summed E-state index contributed by atoms with van der Waals surface area (Å²) >= 11 is 1.59. The maximum Gasteiger partial charge on any atom is 0.251 e. The Kier molecular flexibility index (Phi) is 7.47. The van der Waals surface area contributed by atoms with Gasteiger partial charge in [-0.3, -0.25) is 9.59 Å². The number of hydrogen-bond acceptors (Lipinski definition) is 5. The monoisotopic (exact) mass is 376 g/mol. The lowest BCUT2D eigenvalue weighted by atomic mass is 10.2. The summed E-state index contributed by atoms with van der Waals surface area (Å²) < 4.78 is 11.0. The van der Waals surface area contributed by atoms with Gasteiger partial charge in [0, 0.05) is 17.5 Å². The van der Waals surface area contributed by atoms with Crippen molar-refractivity contribution >= 4 is 23.2 Å². The van der Waals surface area contributed by atoms with Crippen molar-refractivity contribution in [3.8, 4) is 11.5 Å². The predicted molar refractivity (Wildman–Crippen MR) is 102 cm³/mol. The van der Waals surface area contributed by atoms with Crippen molar-refractivity contribution in [1.29, 1.82) is 0 Å². The number of ether oxygens (including phenoxy) is 2. The van der Waals surface area contributed by atoms with Crippen LogP contribution in [0.1, 0.15) is 29.1 Å². The first-order valence-corrected chi connectivity index (χ1v) is 9.37. The van der Waals surface area contributed by atoms with Crippen LogP contribution in [-0.4, -0.2) is 43.5 Å². The average molecular weight is 376 g/mol. The molecule has 26 heavy (non-hydrogen) atoms. The molecule has 0 aliphatic carbocycles. The Morgan fingerprint density at radius 1 is 1.12 bits per heavy atom. The normalized spacial score (nSPS) is 10.3. The molecule has 0 spiro atoms. The van der Waals surface area contributed by atoms with E-state index < -0.39 is 0 Å². The number of nitrogens with zero attached hydrogens (tertiary/aromatic N) is 1. The van der Waals surface area contributed by atoms with Crippen molar-refractivity contribution in [1.82, 2.24) is 10.2 Å². The van der Waals surface area contributed by atoms with E-state index >= 15 is 0 Å². The van der Waals surface area contributed by atoms with Crippen molar-refractivity contribution in [2.75, 3.05) is 26.8 Å². The lowest BCUT2D eigenvalue weighted by Gasteiger charge is -2.17. The van der Waals surface area contributed by atoms with Gasteiger partial charge in [0.15, 0.2) is 11.5 Å². The minimum absolute atomic E-state index is 0.0577. The third kappa shape index (κ3) is 5.49. The molecule has 2 rings (SSSR count). The summed E-state index contributed by atoms with van der Waals surface area (Å²) in [6, 6.07) is 8.91. The van der Waals surface area contributed by atoms with E-state index in [2.05, 4.69) is 5.32 Å². The minimum atomic E-state index is -0.327. The summed E-state index contributed by atoms with van der Waals surface area (Å²) in [4.78, 5) is 27.2. The molecule has 0 aliphatic rings. The van der Waals surface area contributed by atoms with Crippen LogP contribution in [0.2, 0.25) is 0 Å². The standard InChI is InChI=1S/C19H24N2O4S/c1-4-24-16-9-8-14(11-17(16)25-5-2)19(23)20-12-18(22)21(3)13-15-7-6-10-26-15/h6-11H,4-5,12-13H2,1-3H3,(H,20,23). The van der Waals surface area contributed by atoms with Crippen LogP contribution in [0.25, 0.3) is 0 Å². The van der Waals surface area contributed by atoms with Crippen molar-refractivity contribution in [2.45, 2.75) is 20.4 Å². The first kappa shape index (κ1) is 19.8. The molecule has 0 fully saturated rings. The molecule has 0 saturated carbocycles. The second-order valence-corrected chi connectivity index (χ2v) is 6.57. The summed E-state index contributed by atoms with van der Waals surface area (Å²) in [6.07, 6.45) is 0. The first-order valence-electron chi connectivity index (χ1n) is 8.49.